The number of carbonyl (C=O) groups is 1. The molecule has 1 aromatic rings. The number of nitrogens with zero attached hydrogens (tertiary/aromatic N) is 1. The maximum Gasteiger partial charge on any atom is 0.233 e. The summed E-state index contributed by atoms with van der Waals surface area (Å²) in [6, 6.07) is 4.11. The van der Waals surface area contributed by atoms with Crippen molar-refractivity contribution in [2.24, 2.45) is 5.16 Å². The number of ketones is 1. The lowest BCUT2D eigenvalue weighted by Gasteiger charge is -1.96. The van der Waals surface area contributed by atoms with Crippen molar-refractivity contribution in [1.29, 1.82) is 0 Å². The Morgan fingerprint density at radius 3 is 2.85 bits per heavy atom. The average molecular weight is 180 g/mol. The van der Waals surface area contributed by atoms with E-state index in [0.29, 0.717) is 0 Å². The SMILES string of the molecule is O=C1C(=NO)Nc2c(F)cccc21. The van der Waals surface area contributed by atoms with Gasteiger partial charge in [-0.2, -0.15) is 0 Å². The van der Waals surface area contributed by atoms with Crippen LogP contribution in [0.3, 0.4) is 0 Å². The normalized spacial score (nSPS) is 17.3. The van der Waals surface area contributed by atoms with Crippen LogP contribution in [0.25, 0.3) is 0 Å². The quantitative estimate of drug-likeness (QED) is 0.466. The largest absolute Gasteiger partial charge is 0.409 e. The van der Waals surface area contributed by atoms with Crippen molar-refractivity contribution >= 4 is 17.3 Å². The molecule has 1 aromatic carbocycles. The molecule has 0 amide bonds. The minimum atomic E-state index is -0.538. The summed E-state index contributed by atoms with van der Waals surface area (Å²) >= 11 is 0. The molecule has 0 saturated carbocycles. The van der Waals surface area contributed by atoms with Crippen molar-refractivity contribution in [3.05, 3.63) is 29.6 Å². The molecule has 5 heteroatoms. The van der Waals surface area contributed by atoms with Crippen LogP contribution in [0, 0.1) is 5.82 Å². The first-order valence-corrected chi connectivity index (χ1v) is 3.56. The molecule has 2 rings (SSSR count). The van der Waals surface area contributed by atoms with Gasteiger partial charge in [0.2, 0.25) is 11.6 Å². The van der Waals surface area contributed by atoms with Crippen molar-refractivity contribution < 1.29 is 14.4 Å². The molecule has 0 radical (unpaired) electrons. The Kier molecular flexibility index (Phi) is 1.51. The van der Waals surface area contributed by atoms with Gasteiger partial charge in [0.15, 0.2) is 0 Å². The van der Waals surface area contributed by atoms with Crippen molar-refractivity contribution in [2.45, 2.75) is 0 Å². The minimum Gasteiger partial charge on any atom is -0.409 e. The number of oxime groups is 1. The zero-order valence-electron chi connectivity index (χ0n) is 6.41. The molecule has 1 aliphatic heterocycles. The molecule has 13 heavy (non-hydrogen) atoms. The Balaban J connectivity index is 2.62. The zero-order valence-corrected chi connectivity index (χ0v) is 6.41. The molecular weight excluding hydrogens is 175 g/mol. The molecule has 0 atom stereocenters. The van der Waals surface area contributed by atoms with Gasteiger partial charge in [0.1, 0.15) is 5.82 Å². The fourth-order valence-electron chi connectivity index (χ4n) is 1.21. The lowest BCUT2D eigenvalue weighted by Crippen LogP contribution is -2.13. The summed E-state index contributed by atoms with van der Waals surface area (Å²) in [5, 5.41) is 13.5. The lowest BCUT2D eigenvalue weighted by atomic mass is 10.1. The third-order valence-electron chi connectivity index (χ3n) is 1.82. The van der Waals surface area contributed by atoms with Gasteiger partial charge in [-0.3, -0.25) is 4.79 Å². The first-order chi connectivity index (χ1) is 6.24. The highest BCUT2D eigenvalue weighted by Gasteiger charge is 2.28. The van der Waals surface area contributed by atoms with Gasteiger partial charge in [-0.25, -0.2) is 4.39 Å². The van der Waals surface area contributed by atoms with Crippen molar-refractivity contribution in [1.82, 2.24) is 0 Å². The topological polar surface area (TPSA) is 61.7 Å². The highest BCUT2D eigenvalue weighted by atomic mass is 19.1. The monoisotopic (exact) mass is 180 g/mol. The van der Waals surface area contributed by atoms with Gasteiger partial charge in [-0.1, -0.05) is 11.2 Å². The Morgan fingerprint density at radius 1 is 1.46 bits per heavy atom. The summed E-state index contributed by atoms with van der Waals surface area (Å²) in [5.74, 6) is -1.29. The number of benzene rings is 1. The van der Waals surface area contributed by atoms with E-state index in [0.717, 1.165) is 0 Å². The van der Waals surface area contributed by atoms with Crippen LogP contribution in [0.1, 0.15) is 10.4 Å². The predicted octanol–water partition coefficient (Wildman–Crippen LogP) is 1.22. The summed E-state index contributed by atoms with van der Waals surface area (Å²) < 4.78 is 13.0. The van der Waals surface area contributed by atoms with Gasteiger partial charge >= 0.3 is 0 Å². The number of hydrogen-bond donors (Lipinski definition) is 2. The number of rotatable bonds is 0. The second-order valence-corrected chi connectivity index (χ2v) is 2.57. The van der Waals surface area contributed by atoms with Crippen LogP contribution in [0.5, 0.6) is 0 Å². The number of Topliss-reactive ketones (excluding diaryl/α,β-unsaturated/α-hetero) is 1. The molecule has 0 aliphatic carbocycles. The van der Waals surface area contributed by atoms with E-state index in [4.69, 9.17) is 5.21 Å². The highest BCUT2D eigenvalue weighted by Crippen LogP contribution is 2.25. The first kappa shape index (κ1) is 7.72. The van der Waals surface area contributed by atoms with Gasteiger partial charge in [0, 0.05) is 0 Å². The summed E-state index contributed by atoms with van der Waals surface area (Å²) in [5.41, 5.74) is 0.258. The Hall–Kier alpha value is -1.91. The Labute approximate surface area is 72.7 Å². The minimum absolute atomic E-state index is 0.0697. The highest BCUT2D eigenvalue weighted by molar-refractivity contribution is 6.53. The predicted molar refractivity (Wildman–Crippen MR) is 43.6 cm³/mol. The van der Waals surface area contributed by atoms with E-state index in [1.807, 2.05) is 0 Å². The van der Waals surface area contributed by atoms with Gasteiger partial charge in [0.25, 0.3) is 0 Å². The number of para-hydroxylation sites is 1. The van der Waals surface area contributed by atoms with Crippen LogP contribution in [-0.4, -0.2) is 16.8 Å². The standard InChI is InChI=1S/C8H5FN2O2/c9-5-3-1-2-4-6(5)10-8(11-13)7(4)12/h1-3,13H,(H,10,11,12). The molecule has 0 bridgehead atoms. The Bertz CT molecular complexity index is 415. The molecule has 0 fully saturated rings. The molecule has 1 aliphatic rings. The second kappa shape index (κ2) is 2.55. The van der Waals surface area contributed by atoms with Crippen molar-refractivity contribution in [3.63, 3.8) is 0 Å². The van der Waals surface area contributed by atoms with Crippen LogP contribution >= 0.6 is 0 Å². The summed E-state index contributed by atoms with van der Waals surface area (Å²) in [4.78, 5) is 11.3. The van der Waals surface area contributed by atoms with Crippen LogP contribution in [-0.2, 0) is 0 Å². The van der Waals surface area contributed by atoms with Crippen LogP contribution < -0.4 is 5.32 Å². The number of fused-ring (bicyclic) bond motifs is 1. The van der Waals surface area contributed by atoms with Crippen LogP contribution in [0.4, 0.5) is 10.1 Å². The first-order valence-electron chi connectivity index (χ1n) is 3.56. The molecule has 66 valence electrons. The average Bonchev–Trinajstić information content (AvgIpc) is 2.45. The third-order valence-corrected chi connectivity index (χ3v) is 1.82. The number of hydrogen-bond acceptors (Lipinski definition) is 3. The van der Waals surface area contributed by atoms with E-state index in [9.17, 15) is 9.18 Å². The zero-order chi connectivity index (χ0) is 9.42. The number of halogens is 1. The lowest BCUT2D eigenvalue weighted by molar-refractivity contribution is 0.106. The number of anilines is 1. The second-order valence-electron chi connectivity index (χ2n) is 2.57. The van der Waals surface area contributed by atoms with Crippen molar-refractivity contribution in [3.8, 4) is 0 Å². The maximum absolute atomic E-state index is 13.0. The molecule has 0 spiro atoms. The third kappa shape index (κ3) is 0.970. The molecule has 1 heterocycles. The van der Waals surface area contributed by atoms with Gasteiger partial charge in [-0.05, 0) is 12.1 Å². The fraction of sp³-hybridized carbons (Fsp3) is 0. The smallest absolute Gasteiger partial charge is 0.233 e. The number of nitrogens with one attached hydrogen (secondary N) is 1. The number of amidine groups is 1. The molecule has 4 nitrogen and oxygen atoms in total. The molecule has 2 N–H and O–H groups in total. The van der Waals surface area contributed by atoms with Crippen molar-refractivity contribution in [2.75, 3.05) is 5.32 Å². The summed E-state index contributed by atoms with van der Waals surface area (Å²) in [6.07, 6.45) is 0. The molecule has 0 aromatic heterocycles. The summed E-state index contributed by atoms with van der Waals surface area (Å²) in [6.45, 7) is 0. The summed E-state index contributed by atoms with van der Waals surface area (Å²) in [7, 11) is 0. The van der Waals surface area contributed by atoms with E-state index in [-0.39, 0.29) is 17.1 Å². The van der Waals surface area contributed by atoms with E-state index in [1.54, 1.807) is 0 Å². The molecule has 0 unspecified atom stereocenters. The number of carbonyl (C=O) groups excluding carboxylic acids is 1. The Morgan fingerprint density at radius 2 is 2.23 bits per heavy atom. The van der Waals surface area contributed by atoms with Gasteiger partial charge < -0.3 is 10.5 Å². The molecule has 0 saturated heterocycles. The van der Waals surface area contributed by atoms with Crippen LogP contribution in [0.2, 0.25) is 0 Å². The van der Waals surface area contributed by atoms with E-state index >= 15 is 0 Å². The van der Waals surface area contributed by atoms with Gasteiger partial charge in [-0.15, -0.1) is 0 Å². The van der Waals surface area contributed by atoms with E-state index in [1.165, 1.54) is 18.2 Å². The van der Waals surface area contributed by atoms with E-state index in [2.05, 4.69) is 10.5 Å². The van der Waals surface area contributed by atoms with Crippen LogP contribution in [0.15, 0.2) is 23.4 Å². The van der Waals surface area contributed by atoms with E-state index < -0.39 is 11.6 Å². The maximum atomic E-state index is 13.0. The van der Waals surface area contributed by atoms with Gasteiger partial charge in [0.05, 0.1) is 11.3 Å². The molecular formula is C8H5FN2O2. The fourth-order valence-corrected chi connectivity index (χ4v) is 1.21.